The van der Waals surface area contributed by atoms with Crippen LogP contribution in [0.1, 0.15) is 65.2 Å². The van der Waals surface area contributed by atoms with E-state index in [-0.39, 0.29) is 35.1 Å². The lowest BCUT2D eigenvalue weighted by atomic mass is 9.40. The Bertz CT molecular complexity index is 604. The summed E-state index contributed by atoms with van der Waals surface area (Å²) < 4.78 is 6.17. The highest BCUT2D eigenvalue weighted by molar-refractivity contribution is 5.75. The molecule has 0 aromatic carbocycles. The van der Waals surface area contributed by atoms with Crippen LogP contribution in [0, 0.1) is 34.0 Å². The van der Waals surface area contributed by atoms with Crippen LogP contribution in [0.25, 0.3) is 0 Å². The molecule has 0 aromatic heterocycles. The zero-order valence-corrected chi connectivity index (χ0v) is 14.9. The molecule has 4 heteroatoms. The Labute approximate surface area is 144 Å². The van der Waals surface area contributed by atoms with E-state index in [4.69, 9.17) is 4.74 Å². The number of aliphatic carboxylic acids is 1. The Kier molecular flexibility index (Phi) is 2.85. The molecule has 4 aliphatic carbocycles. The first-order chi connectivity index (χ1) is 11.3. The van der Waals surface area contributed by atoms with Crippen LogP contribution in [0.3, 0.4) is 0 Å². The summed E-state index contributed by atoms with van der Waals surface area (Å²) in [6.45, 7) is 4.57. The van der Waals surface area contributed by atoms with E-state index in [2.05, 4.69) is 6.92 Å². The number of rotatable bonds is 2. The number of carboxylic acid groups (broad SMARTS) is 1. The molecule has 0 amide bonds. The fraction of sp³-hybridized carbons (Fsp3) is 0.950. The highest BCUT2D eigenvalue weighted by atomic mass is 16.6. The Morgan fingerprint density at radius 3 is 2.62 bits per heavy atom. The number of aliphatic hydroxyl groups is 1. The summed E-state index contributed by atoms with van der Waals surface area (Å²) in [6.07, 6.45) is 8.93. The van der Waals surface area contributed by atoms with E-state index < -0.39 is 11.4 Å². The van der Waals surface area contributed by atoms with Crippen molar-refractivity contribution in [2.24, 2.45) is 34.0 Å². The van der Waals surface area contributed by atoms with Gasteiger partial charge in [0.25, 0.3) is 0 Å². The van der Waals surface area contributed by atoms with Gasteiger partial charge in [-0.05, 0) is 75.0 Å². The minimum atomic E-state index is -0.596. The number of hydrogen-bond donors (Lipinski definition) is 2. The number of epoxide rings is 1. The van der Waals surface area contributed by atoms with E-state index in [0.29, 0.717) is 11.8 Å². The second-order valence-corrected chi connectivity index (χ2v) is 10.0. The predicted molar refractivity (Wildman–Crippen MR) is 88.4 cm³/mol. The van der Waals surface area contributed by atoms with Crippen LogP contribution >= 0.6 is 0 Å². The maximum absolute atomic E-state index is 12.1. The molecule has 1 aliphatic heterocycles. The maximum Gasteiger partial charge on any atom is 0.309 e. The molecule has 2 bridgehead atoms. The van der Waals surface area contributed by atoms with Crippen LogP contribution in [0.2, 0.25) is 0 Å². The first-order valence-corrected chi connectivity index (χ1v) is 9.86. The van der Waals surface area contributed by atoms with Gasteiger partial charge in [-0.3, -0.25) is 4.79 Å². The average molecular weight is 334 g/mol. The number of carboxylic acids is 1. The summed E-state index contributed by atoms with van der Waals surface area (Å²) in [6, 6.07) is 0. The highest BCUT2D eigenvalue weighted by Gasteiger charge is 2.80. The highest BCUT2D eigenvalue weighted by Crippen LogP contribution is 2.78. The third-order valence-electron chi connectivity index (χ3n) is 9.47. The molecule has 0 aromatic rings. The molecule has 134 valence electrons. The lowest BCUT2D eigenvalue weighted by molar-refractivity contribution is -0.187. The maximum atomic E-state index is 12.1. The number of carbonyl (C=O) groups is 1. The third-order valence-corrected chi connectivity index (χ3v) is 9.47. The van der Waals surface area contributed by atoms with Crippen molar-refractivity contribution in [3.63, 3.8) is 0 Å². The predicted octanol–water partition coefficient (Wildman–Crippen LogP) is 3.22. The van der Waals surface area contributed by atoms with E-state index in [1.807, 2.05) is 6.92 Å². The molecule has 8 atom stereocenters. The number of fused-ring (bicyclic) bond motifs is 5. The Hall–Kier alpha value is -0.610. The van der Waals surface area contributed by atoms with Crippen LogP contribution < -0.4 is 0 Å². The lowest BCUT2D eigenvalue weighted by Gasteiger charge is -2.63. The topological polar surface area (TPSA) is 70.1 Å². The van der Waals surface area contributed by atoms with Gasteiger partial charge >= 0.3 is 5.97 Å². The molecule has 4 saturated carbocycles. The summed E-state index contributed by atoms with van der Waals surface area (Å²) in [5.41, 5.74) is -0.467. The summed E-state index contributed by atoms with van der Waals surface area (Å²) in [5.74, 6) is 0.784. The second kappa shape index (κ2) is 4.37. The van der Waals surface area contributed by atoms with Crippen molar-refractivity contribution in [2.45, 2.75) is 76.9 Å². The van der Waals surface area contributed by atoms with Crippen molar-refractivity contribution in [2.75, 3.05) is 6.61 Å². The fourth-order valence-electron chi connectivity index (χ4n) is 8.46. The fourth-order valence-corrected chi connectivity index (χ4v) is 8.46. The molecule has 0 radical (unpaired) electrons. The second-order valence-electron chi connectivity index (χ2n) is 10.0. The molecule has 1 saturated heterocycles. The monoisotopic (exact) mass is 334 g/mol. The van der Waals surface area contributed by atoms with Crippen molar-refractivity contribution >= 4 is 5.97 Å². The van der Waals surface area contributed by atoms with E-state index in [1.54, 1.807) is 0 Å². The van der Waals surface area contributed by atoms with E-state index in [1.165, 1.54) is 12.8 Å². The van der Waals surface area contributed by atoms with E-state index >= 15 is 0 Å². The molecule has 4 nitrogen and oxygen atoms in total. The van der Waals surface area contributed by atoms with Gasteiger partial charge in [0.2, 0.25) is 0 Å². The van der Waals surface area contributed by atoms with Crippen molar-refractivity contribution < 1.29 is 19.7 Å². The van der Waals surface area contributed by atoms with Gasteiger partial charge in [0.15, 0.2) is 0 Å². The standard InChI is InChI=1S/C20H30O4/c1-17-7-3-8-18(2,16(22)23)13(17)6-9-19-10-12(4-5-14(17)19)20(11-21)15(19)24-20/h12-15,21H,3-11H2,1-2H3,(H,22,23)/t12-,13+,14+,15-,17-,18-,19-,20+/m1/s1. The van der Waals surface area contributed by atoms with Crippen LogP contribution in [-0.4, -0.2) is 34.5 Å². The Morgan fingerprint density at radius 1 is 1.12 bits per heavy atom. The summed E-state index contributed by atoms with van der Waals surface area (Å²) in [4.78, 5) is 12.1. The van der Waals surface area contributed by atoms with Gasteiger partial charge in [0, 0.05) is 5.41 Å². The first kappa shape index (κ1) is 15.6. The van der Waals surface area contributed by atoms with Gasteiger partial charge in [0.05, 0.1) is 18.1 Å². The van der Waals surface area contributed by atoms with Gasteiger partial charge in [0.1, 0.15) is 5.60 Å². The number of aliphatic hydroxyl groups excluding tert-OH is 1. The minimum absolute atomic E-state index is 0.117. The zero-order chi connectivity index (χ0) is 17.0. The largest absolute Gasteiger partial charge is 0.481 e. The van der Waals surface area contributed by atoms with Crippen molar-refractivity contribution in [3.8, 4) is 0 Å². The summed E-state index contributed by atoms with van der Waals surface area (Å²) in [5, 5.41) is 19.9. The average Bonchev–Trinajstić information content (AvgIpc) is 3.27. The van der Waals surface area contributed by atoms with Gasteiger partial charge in [-0.2, -0.15) is 0 Å². The lowest BCUT2D eigenvalue weighted by Crippen LogP contribution is -2.59. The van der Waals surface area contributed by atoms with Gasteiger partial charge in [-0.25, -0.2) is 0 Å². The van der Waals surface area contributed by atoms with Crippen LogP contribution in [0.4, 0.5) is 0 Å². The third kappa shape index (κ3) is 1.48. The van der Waals surface area contributed by atoms with Crippen LogP contribution in [-0.2, 0) is 9.53 Å². The van der Waals surface area contributed by atoms with Gasteiger partial charge in [-0.1, -0.05) is 13.3 Å². The first-order valence-electron chi connectivity index (χ1n) is 9.86. The van der Waals surface area contributed by atoms with E-state index in [0.717, 1.165) is 38.5 Å². The number of ether oxygens (including phenoxy) is 1. The van der Waals surface area contributed by atoms with Gasteiger partial charge < -0.3 is 14.9 Å². The van der Waals surface area contributed by atoms with Crippen molar-refractivity contribution in [1.29, 1.82) is 0 Å². The molecule has 0 unspecified atom stereocenters. The molecule has 24 heavy (non-hydrogen) atoms. The number of hydrogen-bond acceptors (Lipinski definition) is 3. The zero-order valence-electron chi connectivity index (χ0n) is 14.9. The smallest absolute Gasteiger partial charge is 0.309 e. The van der Waals surface area contributed by atoms with Crippen LogP contribution in [0.15, 0.2) is 0 Å². The Morgan fingerprint density at radius 2 is 1.92 bits per heavy atom. The molecule has 5 fully saturated rings. The van der Waals surface area contributed by atoms with Crippen LogP contribution in [0.5, 0.6) is 0 Å². The normalized spacial score (nSPS) is 60.8. The molecular weight excluding hydrogens is 304 g/mol. The quantitative estimate of drug-likeness (QED) is 0.761. The molecule has 1 spiro atoms. The SMILES string of the molecule is C[C@@]12CCC[C@@](C)(C(=O)O)[C@H]1CC[C@@]13C[C@@H](CC[C@@H]21)[C@]1(CO)O[C@H]31. The van der Waals surface area contributed by atoms with Crippen molar-refractivity contribution in [3.05, 3.63) is 0 Å². The molecule has 5 aliphatic rings. The molecular formula is C20H30O4. The molecule has 5 rings (SSSR count). The van der Waals surface area contributed by atoms with E-state index in [9.17, 15) is 15.0 Å². The molecule has 2 N–H and O–H groups in total. The van der Waals surface area contributed by atoms with Gasteiger partial charge in [-0.15, -0.1) is 0 Å². The summed E-state index contributed by atoms with van der Waals surface area (Å²) >= 11 is 0. The molecule has 1 heterocycles. The summed E-state index contributed by atoms with van der Waals surface area (Å²) in [7, 11) is 0. The van der Waals surface area contributed by atoms with Crippen molar-refractivity contribution in [1.82, 2.24) is 0 Å². The minimum Gasteiger partial charge on any atom is -0.481 e. The Balaban J connectivity index is 1.56.